The second-order valence-electron chi connectivity index (χ2n) is 3.50. The summed E-state index contributed by atoms with van der Waals surface area (Å²) in [5.74, 6) is 0.131. The van der Waals surface area contributed by atoms with Crippen molar-refractivity contribution in [1.82, 2.24) is 5.32 Å². The Morgan fingerprint density at radius 2 is 1.94 bits per heavy atom. The van der Waals surface area contributed by atoms with E-state index in [9.17, 15) is 4.79 Å². The fourth-order valence-electron chi connectivity index (χ4n) is 1.35. The van der Waals surface area contributed by atoms with Crippen molar-refractivity contribution in [3.8, 4) is 0 Å². The fourth-order valence-corrected chi connectivity index (χ4v) is 1.76. The second kappa shape index (κ2) is 8.39. The lowest BCUT2D eigenvalue weighted by molar-refractivity contribution is -0.118. The van der Waals surface area contributed by atoms with Gasteiger partial charge in [-0.2, -0.15) is 0 Å². The van der Waals surface area contributed by atoms with E-state index < -0.39 is 0 Å². The van der Waals surface area contributed by atoms with Gasteiger partial charge < -0.3 is 10.2 Å². The second-order valence-corrected chi connectivity index (χ2v) is 4.38. The number of anilines is 1. The van der Waals surface area contributed by atoms with Crippen molar-refractivity contribution in [2.45, 2.75) is 11.3 Å². The lowest BCUT2D eigenvalue weighted by Gasteiger charge is -2.17. The lowest BCUT2D eigenvalue weighted by Crippen LogP contribution is -2.28. The molecule has 0 unspecified atom stereocenters. The third kappa shape index (κ3) is 4.98. The molecule has 96 valence electrons. The number of rotatable bonds is 5. The van der Waals surface area contributed by atoms with Crippen molar-refractivity contribution >= 4 is 35.8 Å². The van der Waals surface area contributed by atoms with Crippen molar-refractivity contribution in [1.29, 1.82) is 0 Å². The third-order valence-corrected chi connectivity index (χ3v) is 3.17. The van der Waals surface area contributed by atoms with Gasteiger partial charge in [-0.1, -0.05) is 0 Å². The van der Waals surface area contributed by atoms with Gasteiger partial charge in [0.25, 0.3) is 0 Å². The summed E-state index contributed by atoms with van der Waals surface area (Å²) in [4.78, 5) is 14.6. The molecule has 0 bridgehead atoms. The Morgan fingerprint density at radius 1 is 1.35 bits per heavy atom. The van der Waals surface area contributed by atoms with E-state index in [0.717, 1.165) is 5.69 Å². The van der Waals surface area contributed by atoms with Gasteiger partial charge in [0.05, 0.1) is 0 Å². The molecule has 3 nitrogen and oxygen atoms in total. The molecule has 0 saturated carbocycles. The number of halogens is 1. The molecule has 1 amide bonds. The summed E-state index contributed by atoms with van der Waals surface area (Å²) in [5, 5.41) is 2.97. The summed E-state index contributed by atoms with van der Waals surface area (Å²) in [7, 11) is 3.66. The number of carbonyl (C=O) groups excluding carboxylic acids is 1. The van der Waals surface area contributed by atoms with Gasteiger partial charge in [0.2, 0.25) is 5.91 Å². The summed E-state index contributed by atoms with van der Waals surface area (Å²) in [5.41, 5.74) is 0.943. The van der Waals surface area contributed by atoms with Crippen LogP contribution in [0.1, 0.15) is 6.42 Å². The van der Waals surface area contributed by atoms with E-state index in [2.05, 4.69) is 5.32 Å². The number of hydrogen-bond acceptors (Lipinski definition) is 3. The van der Waals surface area contributed by atoms with Crippen LogP contribution in [0.25, 0.3) is 0 Å². The standard InChI is InChI=1S/C12H18N2OS.ClH/c1-13-9-8-12(15)14(2)10-4-6-11(16-3)7-5-10;/h4-7,13H,8-9H2,1-3H3;1H. The van der Waals surface area contributed by atoms with Crippen LogP contribution in [0.2, 0.25) is 0 Å². The number of nitrogens with zero attached hydrogens (tertiary/aromatic N) is 1. The quantitative estimate of drug-likeness (QED) is 0.837. The summed E-state index contributed by atoms with van der Waals surface area (Å²) in [6.07, 6.45) is 2.56. The maximum absolute atomic E-state index is 11.7. The fraction of sp³-hybridized carbons (Fsp3) is 0.417. The average Bonchev–Trinajstić information content (AvgIpc) is 2.35. The van der Waals surface area contributed by atoms with E-state index in [1.165, 1.54) is 4.90 Å². The van der Waals surface area contributed by atoms with E-state index >= 15 is 0 Å². The van der Waals surface area contributed by atoms with Crippen LogP contribution in [0, 0.1) is 0 Å². The molecule has 0 radical (unpaired) electrons. The maximum Gasteiger partial charge on any atom is 0.227 e. The van der Waals surface area contributed by atoms with Crippen LogP contribution in [-0.4, -0.2) is 32.8 Å². The predicted molar refractivity (Wildman–Crippen MR) is 77.4 cm³/mol. The molecule has 0 aromatic heterocycles. The van der Waals surface area contributed by atoms with Crippen molar-refractivity contribution < 1.29 is 4.79 Å². The highest BCUT2D eigenvalue weighted by atomic mass is 35.5. The van der Waals surface area contributed by atoms with Gasteiger partial charge in [-0.15, -0.1) is 24.2 Å². The molecule has 0 saturated heterocycles. The van der Waals surface area contributed by atoms with Crippen molar-refractivity contribution in [3.63, 3.8) is 0 Å². The summed E-state index contributed by atoms with van der Waals surface area (Å²) < 4.78 is 0. The Hall–Kier alpha value is -0.710. The van der Waals surface area contributed by atoms with Crippen molar-refractivity contribution in [3.05, 3.63) is 24.3 Å². The zero-order valence-electron chi connectivity index (χ0n) is 10.4. The van der Waals surface area contributed by atoms with E-state index in [-0.39, 0.29) is 18.3 Å². The van der Waals surface area contributed by atoms with Crippen LogP contribution in [-0.2, 0) is 4.79 Å². The largest absolute Gasteiger partial charge is 0.319 e. The first kappa shape index (κ1) is 16.3. The molecule has 0 fully saturated rings. The third-order valence-electron chi connectivity index (χ3n) is 2.42. The Morgan fingerprint density at radius 3 is 2.41 bits per heavy atom. The van der Waals surface area contributed by atoms with Crippen molar-refractivity contribution in [2.24, 2.45) is 0 Å². The van der Waals surface area contributed by atoms with Crippen LogP contribution in [0.4, 0.5) is 5.69 Å². The number of amides is 1. The number of thioether (sulfide) groups is 1. The molecule has 5 heteroatoms. The van der Waals surface area contributed by atoms with E-state index in [1.807, 2.05) is 44.6 Å². The van der Waals surface area contributed by atoms with E-state index in [0.29, 0.717) is 13.0 Å². The van der Waals surface area contributed by atoms with Gasteiger partial charge in [-0.25, -0.2) is 0 Å². The number of benzene rings is 1. The molecular weight excluding hydrogens is 256 g/mol. The molecule has 1 N–H and O–H groups in total. The van der Waals surface area contributed by atoms with Crippen LogP contribution in [0.5, 0.6) is 0 Å². The van der Waals surface area contributed by atoms with Crippen LogP contribution < -0.4 is 10.2 Å². The monoisotopic (exact) mass is 274 g/mol. The predicted octanol–water partition coefficient (Wildman–Crippen LogP) is 2.40. The van der Waals surface area contributed by atoms with Gasteiger partial charge in [-0.3, -0.25) is 4.79 Å². The summed E-state index contributed by atoms with van der Waals surface area (Å²) in [6.45, 7) is 0.714. The van der Waals surface area contributed by atoms with Gasteiger partial charge in [0.15, 0.2) is 0 Å². The molecule has 0 aliphatic rings. The van der Waals surface area contributed by atoms with E-state index in [4.69, 9.17) is 0 Å². The van der Waals surface area contributed by atoms with Gasteiger partial charge in [0, 0.05) is 30.6 Å². The first-order valence-corrected chi connectivity index (χ1v) is 6.46. The van der Waals surface area contributed by atoms with Crippen LogP contribution >= 0.6 is 24.2 Å². The van der Waals surface area contributed by atoms with Gasteiger partial charge in [0.1, 0.15) is 0 Å². The molecular formula is C12H19ClN2OS. The Labute approximate surface area is 113 Å². The van der Waals surface area contributed by atoms with Gasteiger partial charge in [-0.05, 0) is 37.6 Å². The minimum Gasteiger partial charge on any atom is -0.319 e. The lowest BCUT2D eigenvalue weighted by atomic mass is 10.2. The van der Waals surface area contributed by atoms with E-state index in [1.54, 1.807) is 16.7 Å². The molecule has 0 atom stereocenters. The number of nitrogens with one attached hydrogen (secondary N) is 1. The van der Waals surface area contributed by atoms with Crippen LogP contribution in [0.15, 0.2) is 29.2 Å². The Kier molecular flexibility index (Phi) is 8.04. The zero-order chi connectivity index (χ0) is 12.0. The molecule has 0 aliphatic carbocycles. The Balaban J connectivity index is 0.00000256. The molecule has 0 heterocycles. The Bertz CT molecular complexity index is 343. The normalized spacial score (nSPS) is 9.59. The molecule has 0 spiro atoms. The van der Waals surface area contributed by atoms with Crippen LogP contribution in [0.3, 0.4) is 0 Å². The number of carbonyl (C=O) groups is 1. The first-order chi connectivity index (χ1) is 7.69. The summed E-state index contributed by atoms with van der Waals surface area (Å²) >= 11 is 1.70. The maximum atomic E-state index is 11.7. The smallest absolute Gasteiger partial charge is 0.227 e. The molecule has 1 aromatic rings. The minimum absolute atomic E-state index is 0. The first-order valence-electron chi connectivity index (χ1n) is 5.24. The average molecular weight is 275 g/mol. The summed E-state index contributed by atoms with van der Waals surface area (Å²) in [6, 6.07) is 8.01. The molecule has 17 heavy (non-hydrogen) atoms. The van der Waals surface area contributed by atoms with Gasteiger partial charge >= 0.3 is 0 Å². The number of hydrogen-bond donors (Lipinski definition) is 1. The highest BCUT2D eigenvalue weighted by Crippen LogP contribution is 2.19. The highest BCUT2D eigenvalue weighted by molar-refractivity contribution is 7.98. The SMILES string of the molecule is CNCCC(=O)N(C)c1ccc(SC)cc1.Cl. The zero-order valence-corrected chi connectivity index (χ0v) is 12.0. The molecule has 1 rings (SSSR count). The molecule has 0 aliphatic heterocycles. The topological polar surface area (TPSA) is 32.3 Å². The highest BCUT2D eigenvalue weighted by Gasteiger charge is 2.09. The van der Waals surface area contributed by atoms with Crippen molar-refractivity contribution in [2.75, 3.05) is 31.8 Å². The molecule has 1 aromatic carbocycles. The minimum atomic E-state index is 0.